The second-order valence-corrected chi connectivity index (χ2v) is 7.14. The van der Waals surface area contributed by atoms with Crippen LogP contribution in [0.2, 0.25) is 5.02 Å². The van der Waals surface area contributed by atoms with E-state index >= 15 is 0 Å². The fraction of sp³-hybridized carbons (Fsp3) is 0.0667. The Morgan fingerprint density at radius 3 is 2.40 bits per heavy atom. The average molecular weight is 306 g/mol. The second kappa shape index (κ2) is 4.65. The Kier molecular flexibility index (Phi) is 3.07. The van der Waals surface area contributed by atoms with Crippen LogP contribution >= 0.6 is 11.6 Å². The molecule has 0 unspecified atom stereocenters. The van der Waals surface area contributed by atoms with Crippen LogP contribution in [0, 0.1) is 0 Å². The molecule has 1 N–H and O–H groups in total. The zero-order valence-corrected chi connectivity index (χ0v) is 12.3. The summed E-state index contributed by atoms with van der Waals surface area (Å²) in [6, 6.07) is 12.6. The molecule has 2 aromatic carbocycles. The maximum atomic E-state index is 11.5. The van der Waals surface area contributed by atoms with Crippen molar-refractivity contribution in [2.24, 2.45) is 0 Å². The van der Waals surface area contributed by atoms with Crippen molar-refractivity contribution >= 4 is 32.3 Å². The normalized spacial score (nSPS) is 11.9. The van der Waals surface area contributed by atoms with Crippen LogP contribution < -0.4 is 0 Å². The molecule has 0 atom stereocenters. The number of hydrogen-bond acceptors (Lipinski definition) is 2. The van der Waals surface area contributed by atoms with Crippen molar-refractivity contribution in [1.82, 2.24) is 4.98 Å². The van der Waals surface area contributed by atoms with Gasteiger partial charge in [0.05, 0.1) is 4.90 Å². The lowest BCUT2D eigenvalue weighted by Crippen LogP contribution is -1.96. The number of hydrogen-bond donors (Lipinski definition) is 1. The van der Waals surface area contributed by atoms with Crippen LogP contribution in [0.5, 0.6) is 0 Å². The van der Waals surface area contributed by atoms with Gasteiger partial charge in [0.25, 0.3) is 0 Å². The van der Waals surface area contributed by atoms with E-state index in [9.17, 15) is 8.42 Å². The first kappa shape index (κ1) is 13.2. The van der Waals surface area contributed by atoms with Gasteiger partial charge < -0.3 is 4.98 Å². The number of aromatic amines is 1. The summed E-state index contributed by atoms with van der Waals surface area (Å²) in [5, 5.41) is 1.70. The molecule has 1 aromatic heterocycles. The zero-order chi connectivity index (χ0) is 14.3. The predicted octanol–water partition coefficient (Wildman–Crippen LogP) is 3.89. The van der Waals surface area contributed by atoms with E-state index in [1.54, 1.807) is 24.3 Å². The van der Waals surface area contributed by atoms with Gasteiger partial charge in [-0.05, 0) is 41.5 Å². The van der Waals surface area contributed by atoms with Gasteiger partial charge in [-0.1, -0.05) is 23.7 Å². The fourth-order valence-corrected chi connectivity index (χ4v) is 3.10. The van der Waals surface area contributed by atoms with E-state index in [4.69, 9.17) is 11.6 Å². The molecular weight excluding hydrogens is 294 g/mol. The summed E-state index contributed by atoms with van der Waals surface area (Å²) in [6.07, 6.45) is 3.06. The van der Waals surface area contributed by atoms with Gasteiger partial charge in [-0.25, -0.2) is 8.42 Å². The van der Waals surface area contributed by atoms with Gasteiger partial charge in [0.1, 0.15) is 0 Å². The van der Waals surface area contributed by atoms with Gasteiger partial charge in [0, 0.05) is 28.4 Å². The molecule has 0 spiro atoms. The summed E-state index contributed by atoms with van der Waals surface area (Å²) in [6.45, 7) is 0. The first-order chi connectivity index (χ1) is 9.45. The molecule has 3 aromatic rings. The summed E-state index contributed by atoms with van der Waals surface area (Å²) in [5.41, 5.74) is 2.87. The molecule has 0 amide bonds. The molecule has 20 heavy (non-hydrogen) atoms. The summed E-state index contributed by atoms with van der Waals surface area (Å²) in [7, 11) is -3.17. The van der Waals surface area contributed by atoms with Crippen LogP contribution in [-0.4, -0.2) is 19.7 Å². The van der Waals surface area contributed by atoms with Gasteiger partial charge in [-0.3, -0.25) is 0 Å². The van der Waals surface area contributed by atoms with Crippen LogP contribution in [0.3, 0.4) is 0 Å². The maximum Gasteiger partial charge on any atom is 0.175 e. The lowest BCUT2D eigenvalue weighted by molar-refractivity contribution is 0.602. The molecular formula is C15H12ClNO2S. The fourth-order valence-electron chi connectivity index (χ4n) is 2.25. The highest BCUT2D eigenvalue weighted by atomic mass is 35.5. The van der Waals surface area contributed by atoms with Gasteiger partial charge in [0.2, 0.25) is 0 Å². The summed E-state index contributed by atoms with van der Waals surface area (Å²) in [4.78, 5) is 3.44. The minimum atomic E-state index is -3.17. The van der Waals surface area contributed by atoms with Gasteiger partial charge >= 0.3 is 0 Å². The number of benzene rings is 2. The largest absolute Gasteiger partial charge is 0.361 e. The van der Waals surface area contributed by atoms with Crippen LogP contribution in [0.25, 0.3) is 22.0 Å². The number of aromatic nitrogens is 1. The van der Waals surface area contributed by atoms with Gasteiger partial charge in [-0.2, -0.15) is 0 Å². The van der Waals surface area contributed by atoms with E-state index in [0.29, 0.717) is 9.92 Å². The van der Waals surface area contributed by atoms with Crippen molar-refractivity contribution in [3.8, 4) is 11.1 Å². The molecule has 0 bridgehead atoms. The predicted molar refractivity (Wildman–Crippen MR) is 81.9 cm³/mol. The van der Waals surface area contributed by atoms with Gasteiger partial charge in [0.15, 0.2) is 9.84 Å². The van der Waals surface area contributed by atoms with Gasteiger partial charge in [-0.15, -0.1) is 0 Å². The third-order valence-corrected chi connectivity index (χ3v) is 4.57. The second-order valence-electron chi connectivity index (χ2n) is 4.69. The van der Waals surface area contributed by atoms with E-state index in [1.807, 2.05) is 24.4 Å². The molecule has 0 aliphatic rings. The smallest absolute Gasteiger partial charge is 0.175 e. The maximum absolute atomic E-state index is 11.5. The molecule has 0 fully saturated rings. The minimum Gasteiger partial charge on any atom is -0.361 e. The monoisotopic (exact) mass is 305 g/mol. The Morgan fingerprint density at radius 2 is 1.75 bits per heavy atom. The lowest BCUT2D eigenvalue weighted by atomic mass is 10.0. The lowest BCUT2D eigenvalue weighted by Gasteiger charge is -2.06. The summed E-state index contributed by atoms with van der Waals surface area (Å²) in [5.74, 6) is 0. The van der Waals surface area contributed by atoms with E-state index in [2.05, 4.69) is 4.98 Å². The number of nitrogens with one attached hydrogen (secondary N) is 1. The molecule has 5 heteroatoms. The Labute approximate surface area is 122 Å². The molecule has 0 saturated heterocycles. The van der Waals surface area contributed by atoms with E-state index < -0.39 is 9.84 Å². The van der Waals surface area contributed by atoms with Crippen LogP contribution in [0.4, 0.5) is 0 Å². The Balaban J connectivity index is 2.18. The summed E-state index contributed by atoms with van der Waals surface area (Å²) < 4.78 is 23.0. The molecule has 0 aliphatic heterocycles. The molecule has 0 saturated carbocycles. The molecule has 3 nitrogen and oxygen atoms in total. The SMILES string of the molecule is CS(=O)(=O)c1ccc(-c2cc(Cl)cc3[nH]ccc23)cc1. The van der Waals surface area contributed by atoms with Crippen molar-refractivity contribution in [1.29, 1.82) is 0 Å². The molecule has 0 aliphatic carbocycles. The number of rotatable bonds is 2. The third-order valence-electron chi connectivity index (χ3n) is 3.23. The Morgan fingerprint density at radius 1 is 1.05 bits per heavy atom. The topological polar surface area (TPSA) is 49.9 Å². The van der Waals surface area contributed by atoms with Crippen molar-refractivity contribution in [2.75, 3.05) is 6.26 Å². The average Bonchev–Trinajstić information content (AvgIpc) is 2.85. The quantitative estimate of drug-likeness (QED) is 0.781. The van der Waals surface area contributed by atoms with Crippen LogP contribution in [0.1, 0.15) is 0 Å². The Bertz CT molecular complexity index is 880. The molecule has 0 radical (unpaired) electrons. The highest BCUT2D eigenvalue weighted by molar-refractivity contribution is 7.90. The van der Waals surface area contributed by atoms with Crippen molar-refractivity contribution in [3.05, 3.63) is 53.7 Å². The molecule has 1 heterocycles. The molecule has 102 valence electrons. The van der Waals surface area contributed by atoms with E-state index in [0.717, 1.165) is 22.0 Å². The Hall–Kier alpha value is -1.78. The summed E-state index contributed by atoms with van der Waals surface area (Å²) >= 11 is 6.12. The van der Waals surface area contributed by atoms with Crippen molar-refractivity contribution < 1.29 is 8.42 Å². The van der Waals surface area contributed by atoms with Crippen LogP contribution in [-0.2, 0) is 9.84 Å². The first-order valence-electron chi connectivity index (χ1n) is 6.02. The third kappa shape index (κ3) is 2.32. The zero-order valence-electron chi connectivity index (χ0n) is 10.7. The minimum absolute atomic E-state index is 0.314. The first-order valence-corrected chi connectivity index (χ1v) is 8.29. The highest BCUT2D eigenvalue weighted by Crippen LogP contribution is 2.32. The molecule has 3 rings (SSSR count). The van der Waals surface area contributed by atoms with Crippen molar-refractivity contribution in [2.45, 2.75) is 4.90 Å². The number of fused-ring (bicyclic) bond motifs is 1. The van der Waals surface area contributed by atoms with E-state index in [1.165, 1.54) is 6.26 Å². The number of sulfone groups is 1. The number of halogens is 1. The standard InChI is InChI=1S/C15H12ClNO2S/c1-20(18,19)12-4-2-10(3-5-12)14-8-11(16)9-15-13(14)6-7-17-15/h2-9,17H,1H3. The highest BCUT2D eigenvalue weighted by Gasteiger charge is 2.10. The van der Waals surface area contributed by atoms with Crippen molar-refractivity contribution in [3.63, 3.8) is 0 Å². The van der Waals surface area contributed by atoms with Crippen LogP contribution in [0.15, 0.2) is 53.6 Å². The van der Waals surface area contributed by atoms with E-state index in [-0.39, 0.29) is 0 Å². The number of H-pyrrole nitrogens is 1.